The number of rotatable bonds is 10. The lowest BCUT2D eigenvalue weighted by Gasteiger charge is -2.32. The molecule has 1 saturated carbocycles. The van der Waals surface area contributed by atoms with Crippen LogP contribution in [0, 0.1) is 5.82 Å². The molecular formula is C28H30FN3O5S. The number of hydrogen-bond donors (Lipinski definition) is 2. The number of anilines is 2. The average molecular weight is 540 g/mol. The van der Waals surface area contributed by atoms with Crippen LogP contribution in [0.1, 0.15) is 43.9 Å². The van der Waals surface area contributed by atoms with Gasteiger partial charge in [-0.15, -0.1) is 0 Å². The molecule has 0 radical (unpaired) electrons. The topological polar surface area (TPSA) is 109 Å². The van der Waals surface area contributed by atoms with Crippen molar-refractivity contribution in [2.75, 3.05) is 21.7 Å². The lowest BCUT2D eigenvalue weighted by molar-refractivity contribution is -0.127. The van der Waals surface area contributed by atoms with Gasteiger partial charge in [0.25, 0.3) is 5.91 Å². The first kappa shape index (κ1) is 27.3. The van der Waals surface area contributed by atoms with Gasteiger partial charge in [-0.05, 0) is 61.4 Å². The Morgan fingerprint density at radius 1 is 0.947 bits per heavy atom. The van der Waals surface area contributed by atoms with Crippen molar-refractivity contribution in [3.8, 4) is 0 Å². The van der Waals surface area contributed by atoms with E-state index in [2.05, 4.69) is 10.6 Å². The molecule has 0 bridgehead atoms. The third kappa shape index (κ3) is 7.38. The number of para-hydroxylation sites is 1. The summed E-state index contributed by atoms with van der Waals surface area (Å²) in [6.45, 7) is 0. The highest BCUT2D eigenvalue weighted by Gasteiger charge is 2.36. The van der Waals surface area contributed by atoms with E-state index in [0.717, 1.165) is 32.1 Å². The van der Waals surface area contributed by atoms with E-state index < -0.39 is 46.0 Å². The first-order valence-corrected chi connectivity index (χ1v) is 14.0. The second-order valence-corrected chi connectivity index (χ2v) is 10.6. The number of halogens is 1. The first-order chi connectivity index (χ1) is 18.4. The van der Waals surface area contributed by atoms with Crippen LogP contribution in [0.4, 0.5) is 15.8 Å². The molecule has 1 aliphatic rings. The Kier molecular flexibility index (Phi) is 9.42. The summed E-state index contributed by atoms with van der Waals surface area (Å²) in [6, 6.07) is 15.9. The third-order valence-corrected chi connectivity index (χ3v) is 7.43. The fourth-order valence-electron chi connectivity index (χ4n) is 4.51. The zero-order valence-corrected chi connectivity index (χ0v) is 21.6. The van der Waals surface area contributed by atoms with Crippen molar-refractivity contribution >= 4 is 39.9 Å². The Labute approximate surface area is 223 Å². The van der Waals surface area contributed by atoms with Gasteiger partial charge in [0.1, 0.15) is 23.1 Å². The molecule has 2 atom stereocenters. The average Bonchev–Trinajstić information content (AvgIpc) is 3.43. The molecule has 8 nitrogen and oxygen atoms in total. The molecule has 0 saturated heterocycles. The summed E-state index contributed by atoms with van der Waals surface area (Å²) in [5, 5.41) is 5.61. The molecule has 0 unspecified atom stereocenters. The molecule has 1 aromatic heterocycles. The molecule has 0 aliphatic heterocycles. The van der Waals surface area contributed by atoms with E-state index in [1.165, 1.54) is 35.4 Å². The van der Waals surface area contributed by atoms with Crippen molar-refractivity contribution < 1.29 is 27.4 Å². The van der Waals surface area contributed by atoms with Gasteiger partial charge < -0.3 is 15.1 Å². The van der Waals surface area contributed by atoms with Crippen molar-refractivity contribution in [3.63, 3.8) is 0 Å². The quantitative estimate of drug-likeness (QED) is 0.399. The van der Waals surface area contributed by atoms with Crippen LogP contribution in [-0.2, 0) is 25.2 Å². The zero-order valence-electron chi connectivity index (χ0n) is 20.8. The van der Waals surface area contributed by atoms with Crippen LogP contribution in [0.5, 0.6) is 0 Å². The number of hydrogen-bond acceptors (Lipinski definition) is 5. The van der Waals surface area contributed by atoms with Gasteiger partial charge in [0.05, 0.1) is 6.26 Å². The monoisotopic (exact) mass is 539 g/mol. The number of carbonyl (C=O) groups excluding carboxylic acids is 3. The van der Waals surface area contributed by atoms with Crippen LogP contribution < -0.4 is 15.5 Å². The fraction of sp³-hybridized carbons (Fsp3) is 0.321. The van der Waals surface area contributed by atoms with E-state index in [0.29, 0.717) is 11.4 Å². The van der Waals surface area contributed by atoms with E-state index in [1.54, 1.807) is 42.5 Å². The standard InChI is InChI=1S/C28H30FN3O5S/c29-20-13-15-22(16-14-20)30-25(33)18-38(36)19-26(34)32(23-10-5-2-6-11-23)27(24-12-7-17-37-24)28(35)31-21-8-3-1-4-9-21/h2,5-7,10-17,21,27H,1,3-4,8-9,18-19H2,(H,30,33)(H,31,35)/t27-,38-/m1/s1. The highest BCUT2D eigenvalue weighted by molar-refractivity contribution is 7.86. The Morgan fingerprint density at radius 3 is 2.32 bits per heavy atom. The number of amides is 3. The van der Waals surface area contributed by atoms with E-state index in [4.69, 9.17) is 4.42 Å². The number of nitrogens with one attached hydrogen (secondary N) is 2. The maximum absolute atomic E-state index is 13.6. The molecule has 200 valence electrons. The van der Waals surface area contributed by atoms with Gasteiger partial charge in [-0.3, -0.25) is 23.5 Å². The third-order valence-electron chi connectivity index (χ3n) is 6.28. The smallest absolute Gasteiger partial charge is 0.251 e. The van der Waals surface area contributed by atoms with Crippen molar-refractivity contribution in [2.24, 2.45) is 0 Å². The molecule has 0 spiro atoms. The van der Waals surface area contributed by atoms with Crippen LogP contribution in [0.25, 0.3) is 0 Å². The van der Waals surface area contributed by atoms with Gasteiger partial charge in [0.15, 0.2) is 6.04 Å². The molecule has 2 N–H and O–H groups in total. The second kappa shape index (κ2) is 13.1. The molecule has 3 amide bonds. The minimum absolute atomic E-state index is 0.00530. The summed E-state index contributed by atoms with van der Waals surface area (Å²) < 4.78 is 31.6. The van der Waals surface area contributed by atoms with Crippen LogP contribution >= 0.6 is 0 Å². The molecule has 3 aromatic rings. The van der Waals surface area contributed by atoms with E-state index in [9.17, 15) is 23.0 Å². The molecule has 2 aromatic carbocycles. The van der Waals surface area contributed by atoms with Gasteiger partial charge in [-0.1, -0.05) is 37.5 Å². The summed E-state index contributed by atoms with van der Waals surface area (Å²) >= 11 is 0. The summed E-state index contributed by atoms with van der Waals surface area (Å²) in [6.07, 6.45) is 6.34. The van der Waals surface area contributed by atoms with Gasteiger partial charge in [-0.25, -0.2) is 4.39 Å². The zero-order chi connectivity index (χ0) is 26.9. The Hall–Kier alpha value is -3.79. The number of furan rings is 1. The SMILES string of the molecule is O=C(C[S@@](=O)CC(=O)N(c1ccccc1)[C@@H](C(=O)NC1CCCCC1)c1ccco1)Nc1ccc(F)cc1. The van der Waals surface area contributed by atoms with Gasteiger partial charge in [-0.2, -0.15) is 0 Å². The second-order valence-electron chi connectivity index (χ2n) is 9.14. The molecule has 1 aliphatic carbocycles. The van der Waals surface area contributed by atoms with Crippen LogP contribution in [-0.4, -0.2) is 39.5 Å². The molecular weight excluding hydrogens is 509 g/mol. The predicted molar refractivity (Wildman–Crippen MR) is 143 cm³/mol. The summed E-state index contributed by atoms with van der Waals surface area (Å²) in [5.74, 6) is -2.66. The predicted octanol–water partition coefficient (Wildman–Crippen LogP) is 4.33. The fourth-order valence-corrected chi connectivity index (χ4v) is 5.39. The summed E-state index contributed by atoms with van der Waals surface area (Å²) in [5.41, 5.74) is 0.786. The Bertz CT molecular complexity index is 1250. The van der Waals surface area contributed by atoms with Gasteiger partial charge in [0.2, 0.25) is 11.8 Å². The van der Waals surface area contributed by atoms with Crippen LogP contribution in [0.2, 0.25) is 0 Å². The largest absolute Gasteiger partial charge is 0.467 e. The lowest BCUT2D eigenvalue weighted by atomic mass is 9.95. The number of benzene rings is 2. The van der Waals surface area contributed by atoms with E-state index in [-0.39, 0.29) is 17.7 Å². The van der Waals surface area contributed by atoms with Gasteiger partial charge >= 0.3 is 0 Å². The highest BCUT2D eigenvalue weighted by Crippen LogP contribution is 2.29. The maximum atomic E-state index is 13.6. The normalized spacial score (nSPS) is 15.3. The highest BCUT2D eigenvalue weighted by atomic mass is 32.2. The molecule has 1 fully saturated rings. The maximum Gasteiger partial charge on any atom is 0.251 e. The Balaban J connectivity index is 1.52. The van der Waals surface area contributed by atoms with Crippen LogP contribution in [0.15, 0.2) is 77.4 Å². The number of carbonyl (C=O) groups is 3. The lowest BCUT2D eigenvalue weighted by Crippen LogP contribution is -2.48. The summed E-state index contributed by atoms with van der Waals surface area (Å²) in [7, 11) is -1.88. The van der Waals surface area contributed by atoms with Crippen LogP contribution in [0.3, 0.4) is 0 Å². The molecule has 4 rings (SSSR count). The van der Waals surface area contributed by atoms with E-state index >= 15 is 0 Å². The molecule has 38 heavy (non-hydrogen) atoms. The Morgan fingerprint density at radius 2 is 1.66 bits per heavy atom. The minimum Gasteiger partial charge on any atom is -0.467 e. The number of nitrogens with zero attached hydrogens (tertiary/aromatic N) is 1. The van der Waals surface area contributed by atoms with Crippen molar-refractivity contribution in [1.82, 2.24) is 5.32 Å². The molecule has 10 heteroatoms. The van der Waals surface area contributed by atoms with Gasteiger partial charge in [0, 0.05) is 28.2 Å². The first-order valence-electron chi connectivity index (χ1n) is 12.5. The minimum atomic E-state index is -1.88. The molecule has 1 heterocycles. The van der Waals surface area contributed by atoms with Crippen molar-refractivity contribution in [2.45, 2.75) is 44.2 Å². The van der Waals surface area contributed by atoms with Crippen molar-refractivity contribution in [1.29, 1.82) is 0 Å². The van der Waals surface area contributed by atoms with E-state index in [1.807, 2.05) is 0 Å². The van der Waals surface area contributed by atoms with Crippen molar-refractivity contribution in [3.05, 3.63) is 84.6 Å². The summed E-state index contributed by atoms with van der Waals surface area (Å²) in [4.78, 5) is 40.9.